The van der Waals surface area contributed by atoms with Crippen LogP contribution in [-0.4, -0.2) is 25.0 Å². The van der Waals surface area contributed by atoms with Crippen molar-refractivity contribution in [1.29, 1.82) is 0 Å². The van der Waals surface area contributed by atoms with Gasteiger partial charge in [0, 0.05) is 13.1 Å². The van der Waals surface area contributed by atoms with Crippen molar-refractivity contribution in [2.75, 3.05) is 20.1 Å². The van der Waals surface area contributed by atoms with Gasteiger partial charge in [-0.3, -0.25) is 0 Å². The first kappa shape index (κ1) is 11.3. The molecule has 1 heteroatoms. The van der Waals surface area contributed by atoms with Crippen LogP contribution in [-0.2, 0) is 0 Å². The summed E-state index contributed by atoms with van der Waals surface area (Å²) in [5, 5.41) is 0. The third-order valence-electron chi connectivity index (χ3n) is 5.93. The molecular formula is C17H25N. The van der Waals surface area contributed by atoms with E-state index in [9.17, 15) is 0 Å². The van der Waals surface area contributed by atoms with Gasteiger partial charge in [-0.25, -0.2) is 0 Å². The van der Waals surface area contributed by atoms with E-state index < -0.39 is 0 Å². The van der Waals surface area contributed by atoms with Crippen LogP contribution in [0.1, 0.15) is 25.7 Å². The fourth-order valence-corrected chi connectivity index (χ4v) is 5.08. The summed E-state index contributed by atoms with van der Waals surface area (Å²) < 4.78 is 0. The first-order valence-corrected chi connectivity index (χ1v) is 7.83. The van der Waals surface area contributed by atoms with Crippen LogP contribution < -0.4 is 0 Å². The lowest BCUT2D eigenvalue weighted by Gasteiger charge is -2.29. The largest absolute Gasteiger partial charge is 0.306 e. The highest BCUT2D eigenvalue weighted by Gasteiger charge is 2.38. The summed E-state index contributed by atoms with van der Waals surface area (Å²) in [6, 6.07) is 0. The van der Waals surface area contributed by atoms with Crippen molar-refractivity contribution in [2.45, 2.75) is 25.7 Å². The maximum Gasteiger partial charge on any atom is 0.00126 e. The molecule has 4 rings (SSSR count). The number of allylic oxidation sites excluding steroid dienone is 4. The molecule has 98 valence electrons. The quantitative estimate of drug-likeness (QED) is 0.685. The minimum Gasteiger partial charge on any atom is -0.306 e. The van der Waals surface area contributed by atoms with Crippen molar-refractivity contribution in [3.8, 4) is 0 Å². The van der Waals surface area contributed by atoms with Crippen molar-refractivity contribution in [3.05, 3.63) is 24.3 Å². The molecular weight excluding hydrogens is 218 g/mol. The molecule has 18 heavy (non-hydrogen) atoms. The van der Waals surface area contributed by atoms with Gasteiger partial charge in [0.2, 0.25) is 0 Å². The zero-order valence-corrected chi connectivity index (χ0v) is 11.5. The Morgan fingerprint density at radius 2 is 1.28 bits per heavy atom. The Morgan fingerprint density at radius 1 is 0.778 bits per heavy atom. The molecule has 0 saturated heterocycles. The van der Waals surface area contributed by atoms with Crippen molar-refractivity contribution in [2.24, 2.45) is 35.5 Å². The van der Waals surface area contributed by atoms with E-state index in [0.717, 1.165) is 35.5 Å². The van der Waals surface area contributed by atoms with Crippen molar-refractivity contribution in [1.82, 2.24) is 4.90 Å². The third-order valence-corrected chi connectivity index (χ3v) is 5.93. The molecule has 4 bridgehead atoms. The van der Waals surface area contributed by atoms with E-state index in [0.29, 0.717) is 0 Å². The molecule has 0 aromatic rings. The summed E-state index contributed by atoms with van der Waals surface area (Å²) in [7, 11) is 2.35. The van der Waals surface area contributed by atoms with Crippen LogP contribution in [0.2, 0.25) is 0 Å². The highest BCUT2D eigenvalue weighted by Crippen LogP contribution is 2.45. The van der Waals surface area contributed by atoms with Crippen molar-refractivity contribution < 1.29 is 0 Å². The van der Waals surface area contributed by atoms with Gasteiger partial charge in [-0.1, -0.05) is 24.3 Å². The van der Waals surface area contributed by atoms with Gasteiger partial charge in [0.05, 0.1) is 0 Å². The Morgan fingerprint density at radius 3 is 1.61 bits per heavy atom. The van der Waals surface area contributed by atoms with Gasteiger partial charge in [0.15, 0.2) is 0 Å². The fraction of sp³-hybridized carbons (Fsp3) is 0.765. The van der Waals surface area contributed by atoms with E-state index in [1.165, 1.54) is 38.8 Å². The van der Waals surface area contributed by atoms with Crippen LogP contribution in [0.5, 0.6) is 0 Å². The first-order valence-electron chi connectivity index (χ1n) is 7.83. The van der Waals surface area contributed by atoms with Crippen LogP contribution in [0, 0.1) is 35.5 Å². The third kappa shape index (κ3) is 1.87. The zero-order chi connectivity index (χ0) is 12.1. The van der Waals surface area contributed by atoms with Crippen LogP contribution in [0.3, 0.4) is 0 Å². The van der Waals surface area contributed by atoms with E-state index in [1.54, 1.807) is 0 Å². The maximum atomic E-state index is 2.64. The SMILES string of the molecule is CN(CC1CC2C=CC1C2)CC1CC2C=CC1C2. The highest BCUT2D eigenvalue weighted by molar-refractivity contribution is 5.12. The van der Waals surface area contributed by atoms with Gasteiger partial charge >= 0.3 is 0 Å². The maximum absolute atomic E-state index is 2.64. The van der Waals surface area contributed by atoms with E-state index in [2.05, 4.69) is 36.3 Å². The predicted octanol–water partition coefficient (Wildman–Crippen LogP) is 3.34. The summed E-state index contributed by atoms with van der Waals surface area (Å²) in [5.74, 6) is 5.60. The number of rotatable bonds is 4. The minimum absolute atomic E-state index is 0.914. The second-order valence-electron chi connectivity index (χ2n) is 7.30. The molecule has 0 N–H and O–H groups in total. The van der Waals surface area contributed by atoms with Gasteiger partial charge in [0.1, 0.15) is 0 Å². The fourth-order valence-electron chi connectivity index (χ4n) is 5.08. The number of fused-ring (bicyclic) bond motifs is 4. The van der Waals surface area contributed by atoms with E-state index in [1.807, 2.05) is 0 Å². The normalized spacial score (nSPS) is 47.9. The summed E-state index contributed by atoms with van der Waals surface area (Å²) in [4.78, 5) is 2.64. The van der Waals surface area contributed by atoms with Crippen LogP contribution in [0.25, 0.3) is 0 Å². The average Bonchev–Trinajstić information content (AvgIpc) is 3.08. The summed E-state index contributed by atoms with van der Waals surface area (Å²) in [6.07, 6.45) is 15.7. The lowest BCUT2D eigenvalue weighted by atomic mass is 9.91. The zero-order valence-electron chi connectivity index (χ0n) is 11.5. The standard InChI is InChI=1S/C17H25N/c1-18(10-16-8-12-2-4-14(16)6-12)11-17-9-13-3-5-15(17)7-13/h2-5,12-17H,6-11H2,1H3. The lowest BCUT2D eigenvalue weighted by molar-refractivity contribution is 0.209. The van der Waals surface area contributed by atoms with Crippen molar-refractivity contribution in [3.63, 3.8) is 0 Å². The highest BCUT2D eigenvalue weighted by atomic mass is 15.1. The van der Waals surface area contributed by atoms with E-state index in [-0.39, 0.29) is 0 Å². The number of hydrogen-bond donors (Lipinski definition) is 0. The molecule has 6 unspecified atom stereocenters. The summed E-state index contributed by atoms with van der Waals surface area (Å²) in [6.45, 7) is 2.67. The van der Waals surface area contributed by atoms with Gasteiger partial charge in [-0.05, 0) is 68.2 Å². The van der Waals surface area contributed by atoms with Crippen LogP contribution >= 0.6 is 0 Å². The van der Waals surface area contributed by atoms with Gasteiger partial charge in [-0.2, -0.15) is 0 Å². The molecule has 4 aliphatic carbocycles. The average molecular weight is 243 g/mol. The van der Waals surface area contributed by atoms with Gasteiger partial charge in [-0.15, -0.1) is 0 Å². The molecule has 0 radical (unpaired) electrons. The molecule has 0 aromatic heterocycles. The molecule has 0 amide bonds. The second-order valence-corrected chi connectivity index (χ2v) is 7.30. The Hall–Kier alpha value is -0.560. The molecule has 2 fully saturated rings. The lowest BCUT2D eigenvalue weighted by Crippen LogP contribution is -2.33. The van der Waals surface area contributed by atoms with Gasteiger partial charge in [0.25, 0.3) is 0 Å². The minimum atomic E-state index is 0.914. The first-order chi connectivity index (χ1) is 8.78. The van der Waals surface area contributed by atoms with E-state index in [4.69, 9.17) is 0 Å². The summed E-state index contributed by atoms with van der Waals surface area (Å²) in [5.41, 5.74) is 0. The predicted molar refractivity (Wildman–Crippen MR) is 75.2 cm³/mol. The molecule has 0 spiro atoms. The number of hydrogen-bond acceptors (Lipinski definition) is 1. The monoisotopic (exact) mass is 243 g/mol. The molecule has 0 aliphatic heterocycles. The molecule has 1 nitrogen and oxygen atoms in total. The Bertz CT molecular complexity index is 347. The molecule has 6 atom stereocenters. The second kappa shape index (κ2) is 4.23. The van der Waals surface area contributed by atoms with Gasteiger partial charge < -0.3 is 4.90 Å². The Labute approximate surface area is 111 Å². The molecule has 0 heterocycles. The topological polar surface area (TPSA) is 3.24 Å². The van der Waals surface area contributed by atoms with Crippen LogP contribution in [0.15, 0.2) is 24.3 Å². The van der Waals surface area contributed by atoms with E-state index >= 15 is 0 Å². The smallest absolute Gasteiger partial charge is 0.00126 e. The molecule has 0 aromatic carbocycles. The molecule has 2 saturated carbocycles. The Balaban J connectivity index is 1.30. The number of nitrogens with zero attached hydrogens (tertiary/aromatic N) is 1. The Kier molecular flexibility index (Phi) is 2.65. The van der Waals surface area contributed by atoms with Crippen LogP contribution in [0.4, 0.5) is 0 Å². The molecule has 4 aliphatic rings. The van der Waals surface area contributed by atoms with Crippen molar-refractivity contribution >= 4 is 0 Å². The summed E-state index contributed by atoms with van der Waals surface area (Å²) >= 11 is 0.